The van der Waals surface area contributed by atoms with Gasteiger partial charge >= 0.3 is 0 Å². The van der Waals surface area contributed by atoms with Gasteiger partial charge in [-0.25, -0.2) is 4.68 Å². The van der Waals surface area contributed by atoms with Crippen LogP contribution in [0.15, 0.2) is 46.0 Å². The monoisotopic (exact) mass is 216 g/mol. The molecule has 4 heteroatoms. The number of H-pyrrole nitrogens is 1. The van der Waals surface area contributed by atoms with Gasteiger partial charge in [0.25, 0.3) is 11.1 Å². The summed E-state index contributed by atoms with van der Waals surface area (Å²) < 4.78 is 1.33. The maximum Gasteiger partial charge on any atom is 0.268 e. The van der Waals surface area contributed by atoms with E-state index in [4.69, 9.17) is 0 Å². The summed E-state index contributed by atoms with van der Waals surface area (Å²) in [5.41, 5.74) is 1.02. The topological polar surface area (TPSA) is 54.9 Å². The van der Waals surface area contributed by atoms with E-state index in [0.29, 0.717) is 12.1 Å². The second kappa shape index (κ2) is 4.18. The zero-order valence-electron chi connectivity index (χ0n) is 8.93. The van der Waals surface area contributed by atoms with E-state index in [1.807, 2.05) is 30.3 Å². The van der Waals surface area contributed by atoms with E-state index in [1.54, 1.807) is 6.92 Å². The molecule has 4 nitrogen and oxygen atoms in total. The van der Waals surface area contributed by atoms with Crippen LogP contribution >= 0.6 is 0 Å². The van der Waals surface area contributed by atoms with Crippen LogP contribution in [0.3, 0.4) is 0 Å². The lowest BCUT2D eigenvalue weighted by Gasteiger charge is -2.05. The van der Waals surface area contributed by atoms with Crippen LogP contribution in [0.2, 0.25) is 0 Å². The van der Waals surface area contributed by atoms with Crippen molar-refractivity contribution in [1.29, 1.82) is 0 Å². The molecule has 1 aromatic heterocycles. The van der Waals surface area contributed by atoms with Gasteiger partial charge in [0.1, 0.15) is 0 Å². The van der Waals surface area contributed by atoms with Gasteiger partial charge < -0.3 is 0 Å². The number of hydrogen-bond acceptors (Lipinski definition) is 2. The molecule has 82 valence electrons. The number of aromatic nitrogens is 2. The molecule has 0 amide bonds. The number of benzene rings is 1. The van der Waals surface area contributed by atoms with Gasteiger partial charge in [-0.05, 0) is 12.5 Å². The fraction of sp³-hybridized carbons (Fsp3) is 0.167. The van der Waals surface area contributed by atoms with Crippen LogP contribution in [0.4, 0.5) is 0 Å². The average Bonchev–Trinajstić information content (AvgIpc) is 2.27. The highest BCUT2D eigenvalue weighted by molar-refractivity contribution is 5.15. The van der Waals surface area contributed by atoms with Crippen LogP contribution in [0.5, 0.6) is 0 Å². The molecule has 0 spiro atoms. The molecule has 0 aliphatic carbocycles. The van der Waals surface area contributed by atoms with E-state index in [-0.39, 0.29) is 11.1 Å². The molecule has 1 aromatic carbocycles. The molecule has 1 heterocycles. The average molecular weight is 216 g/mol. The lowest BCUT2D eigenvalue weighted by Crippen LogP contribution is -2.31. The number of hydrogen-bond donors (Lipinski definition) is 1. The van der Waals surface area contributed by atoms with Gasteiger partial charge in [0, 0.05) is 11.6 Å². The van der Waals surface area contributed by atoms with Crippen molar-refractivity contribution in [1.82, 2.24) is 9.78 Å². The van der Waals surface area contributed by atoms with E-state index >= 15 is 0 Å². The third-order valence-electron chi connectivity index (χ3n) is 2.36. The van der Waals surface area contributed by atoms with Crippen LogP contribution < -0.4 is 11.1 Å². The fourth-order valence-corrected chi connectivity index (χ4v) is 1.56. The first kappa shape index (κ1) is 10.4. The summed E-state index contributed by atoms with van der Waals surface area (Å²) in [6, 6.07) is 10.8. The van der Waals surface area contributed by atoms with Gasteiger partial charge in [0.15, 0.2) is 0 Å². The SMILES string of the molecule is Cc1cc(=O)[nH]n(Cc2ccccc2)c1=O. The van der Waals surface area contributed by atoms with E-state index < -0.39 is 0 Å². The summed E-state index contributed by atoms with van der Waals surface area (Å²) in [5.74, 6) is 0. The third-order valence-corrected chi connectivity index (χ3v) is 2.36. The van der Waals surface area contributed by atoms with Crippen LogP contribution in [0.25, 0.3) is 0 Å². The first-order valence-electron chi connectivity index (χ1n) is 5.01. The maximum absolute atomic E-state index is 11.7. The van der Waals surface area contributed by atoms with Gasteiger partial charge in [-0.15, -0.1) is 0 Å². The van der Waals surface area contributed by atoms with Gasteiger partial charge in [-0.2, -0.15) is 0 Å². The summed E-state index contributed by atoms with van der Waals surface area (Å²) in [4.78, 5) is 23.0. The summed E-state index contributed by atoms with van der Waals surface area (Å²) in [7, 11) is 0. The Hall–Kier alpha value is -2.10. The number of aryl methyl sites for hydroxylation is 1. The Bertz CT molecular complexity index is 596. The third kappa shape index (κ3) is 2.11. The molecular formula is C12H12N2O2. The molecule has 1 N–H and O–H groups in total. The molecule has 0 aliphatic heterocycles. The molecule has 0 saturated carbocycles. The van der Waals surface area contributed by atoms with E-state index in [9.17, 15) is 9.59 Å². The van der Waals surface area contributed by atoms with Crippen molar-refractivity contribution in [2.45, 2.75) is 13.5 Å². The first-order valence-corrected chi connectivity index (χ1v) is 5.01. The van der Waals surface area contributed by atoms with Gasteiger partial charge in [0.05, 0.1) is 6.54 Å². The number of nitrogens with one attached hydrogen (secondary N) is 1. The molecule has 0 fully saturated rings. The van der Waals surface area contributed by atoms with Crippen molar-refractivity contribution < 1.29 is 0 Å². The zero-order chi connectivity index (χ0) is 11.5. The Morgan fingerprint density at radius 3 is 2.56 bits per heavy atom. The molecule has 0 saturated heterocycles. The van der Waals surface area contributed by atoms with Crippen molar-refractivity contribution in [3.63, 3.8) is 0 Å². The van der Waals surface area contributed by atoms with Crippen molar-refractivity contribution in [2.24, 2.45) is 0 Å². The molecule has 0 radical (unpaired) electrons. The number of nitrogens with zero attached hydrogens (tertiary/aromatic N) is 1. The first-order chi connectivity index (χ1) is 7.66. The Labute approximate surface area is 92.2 Å². The lowest BCUT2D eigenvalue weighted by molar-refractivity contribution is 0.622. The maximum atomic E-state index is 11.7. The smallest absolute Gasteiger partial charge is 0.268 e. The highest BCUT2D eigenvalue weighted by Gasteiger charge is 2.01. The highest BCUT2D eigenvalue weighted by Crippen LogP contribution is 1.98. The van der Waals surface area contributed by atoms with Gasteiger partial charge in [-0.3, -0.25) is 14.7 Å². The van der Waals surface area contributed by atoms with Crippen LogP contribution in [-0.2, 0) is 6.54 Å². The Balaban J connectivity index is 2.43. The number of rotatable bonds is 2. The number of aromatic amines is 1. The standard InChI is InChI=1S/C12H12N2O2/c1-9-7-11(15)13-14(12(9)16)8-10-5-3-2-4-6-10/h2-7H,8H2,1H3,(H,13,15). The summed E-state index contributed by atoms with van der Waals surface area (Å²) in [5, 5.41) is 2.51. The van der Waals surface area contributed by atoms with Crippen LogP contribution in [0.1, 0.15) is 11.1 Å². The van der Waals surface area contributed by atoms with Crippen molar-refractivity contribution in [3.8, 4) is 0 Å². The predicted octanol–water partition coefficient (Wildman–Crippen LogP) is 0.893. The second-order valence-corrected chi connectivity index (χ2v) is 3.68. The van der Waals surface area contributed by atoms with Gasteiger partial charge in [0.2, 0.25) is 0 Å². The minimum atomic E-state index is -0.256. The van der Waals surface area contributed by atoms with Crippen molar-refractivity contribution in [3.05, 3.63) is 68.2 Å². The molecule has 0 bridgehead atoms. The van der Waals surface area contributed by atoms with E-state index in [2.05, 4.69) is 5.10 Å². The fourth-order valence-electron chi connectivity index (χ4n) is 1.56. The molecule has 0 aliphatic rings. The van der Waals surface area contributed by atoms with Crippen LogP contribution in [-0.4, -0.2) is 9.78 Å². The van der Waals surface area contributed by atoms with E-state index in [1.165, 1.54) is 10.7 Å². The second-order valence-electron chi connectivity index (χ2n) is 3.68. The molecule has 16 heavy (non-hydrogen) atoms. The summed E-state index contributed by atoms with van der Waals surface area (Å²) >= 11 is 0. The predicted molar refractivity (Wildman–Crippen MR) is 61.6 cm³/mol. The molecule has 2 aromatic rings. The summed E-state index contributed by atoms with van der Waals surface area (Å²) in [6.45, 7) is 2.02. The normalized spacial score (nSPS) is 10.3. The van der Waals surface area contributed by atoms with Crippen molar-refractivity contribution in [2.75, 3.05) is 0 Å². The minimum absolute atomic E-state index is 0.163. The van der Waals surface area contributed by atoms with Crippen LogP contribution in [0, 0.1) is 6.92 Å². The molecule has 0 atom stereocenters. The Morgan fingerprint density at radius 1 is 1.19 bits per heavy atom. The Kier molecular flexibility index (Phi) is 2.72. The van der Waals surface area contributed by atoms with Crippen molar-refractivity contribution >= 4 is 0 Å². The highest BCUT2D eigenvalue weighted by atomic mass is 16.1. The minimum Gasteiger partial charge on any atom is -0.268 e. The summed E-state index contributed by atoms with van der Waals surface area (Å²) in [6.07, 6.45) is 0. The quantitative estimate of drug-likeness (QED) is 0.810. The van der Waals surface area contributed by atoms with Gasteiger partial charge in [-0.1, -0.05) is 30.3 Å². The molecule has 0 unspecified atom stereocenters. The molecular weight excluding hydrogens is 204 g/mol. The largest absolute Gasteiger partial charge is 0.268 e. The zero-order valence-corrected chi connectivity index (χ0v) is 8.93. The Morgan fingerprint density at radius 2 is 1.88 bits per heavy atom. The van der Waals surface area contributed by atoms with E-state index in [0.717, 1.165) is 5.56 Å². The molecule has 2 rings (SSSR count). The lowest BCUT2D eigenvalue weighted by atomic mass is 10.2.